The molecule has 1 heterocycles. The molecule has 1 N–H and O–H groups in total. The highest BCUT2D eigenvalue weighted by molar-refractivity contribution is 9.10. The Kier molecular flexibility index (Phi) is 4.39. The highest BCUT2D eigenvalue weighted by atomic mass is 79.9. The predicted molar refractivity (Wildman–Crippen MR) is 76.5 cm³/mol. The maximum atomic E-state index is 12.4. The Morgan fingerprint density at radius 2 is 2.25 bits per heavy atom. The van der Waals surface area contributed by atoms with Gasteiger partial charge >= 0.3 is 0 Å². The normalized spacial score (nSPS) is 22.6. The molecule has 1 saturated heterocycles. The van der Waals surface area contributed by atoms with Crippen LogP contribution in [0.4, 0.5) is 5.69 Å². The van der Waals surface area contributed by atoms with Crippen molar-refractivity contribution in [2.75, 3.05) is 13.1 Å². The van der Waals surface area contributed by atoms with Crippen LogP contribution in [0.15, 0.2) is 22.7 Å². The summed E-state index contributed by atoms with van der Waals surface area (Å²) in [7, 11) is 0. The Morgan fingerprint density at radius 3 is 2.85 bits per heavy atom. The number of aliphatic hydroxyl groups excluding tert-OH is 1. The average Bonchev–Trinajstić information content (AvgIpc) is 2.41. The van der Waals surface area contributed by atoms with Crippen molar-refractivity contribution in [3.05, 3.63) is 38.3 Å². The van der Waals surface area contributed by atoms with E-state index in [1.54, 1.807) is 6.07 Å². The van der Waals surface area contributed by atoms with Crippen molar-refractivity contribution in [3.8, 4) is 0 Å². The van der Waals surface area contributed by atoms with Crippen LogP contribution < -0.4 is 0 Å². The first-order chi connectivity index (χ1) is 9.41. The first-order valence-corrected chi connectivity index (χ1v) is 7.11. The number of hydrogen-bond donors (Lipinski definition) is 1. The molecule has 0 aromatic heterocycles. The van der Waals surface area contributed by atoms with Gasteiger partial charge in [0.15, 0.2) is 0 Å². The summed E-state index contributed by atoms with van der Waals surface area (Å²) >= 11 is 3.12. The lowest BCUT2D eigenvalue weighted by Gasteiger charge is -2.34. The second-order valence-electron chi connectivity index (χ2n) is 4.98. The van der Waals surface area contributed by atoms with Crippen molar-refractivity contribution < 1.29 is 14.8 Å². The van der Waals surface area contributed by atoms with E-state index in [4.69, 9.17) is 0 Å². The van der Waals surface area contributed by atoms with Gasteiger partial charge in [0.05, 0.1) is 16.6 Å². The van der Waals surface area contributed by atoms with Gasteiger partial charge in [0.1, 0.15) is 4.47 Å². The largest absolute Gasteiger partial charge is 0.391 e. The number of amides is 1. The molecule has 108 valence electrons. The molecule has 1 aliphatic rings. The molecule has 1 fully saturated rings. The van der Waals surface area contributed by atoms with E-state index in [0.717, 1.165) is 6.42 Å². The number of rotatable bonds is 2. The van der Waals surface area contributed by atoms with E-state index in [9.17, 15) is 20.0 Å². The number of hydrogen-bond acceptors (Lipinski definition) is 4. The first-order valence-electron chi connectivity index (χ1n) is 6.32. The maximum absolute atomic E-state index is 12.4. The summed E-state index contributed by atoms with van der Waals surface area (Å²) in [5.41, 5.74) is 0.114. The van der Waals surface area contributed by atoms with E-state index in [-0.39, 0.29) is 34.1 Å². The summed E-state index contributed by atoms with van der Waals surface area (Å²) in [4.78, 5) is 24.3. The summed E-state index contributed by atoms with van der Waals surface area (Å²) in [6, 6.07) is 4.37. The SMILES string of the molecule is CC1CCN(C(=O)c2cccc([N+](=O)[O-])c2Br)CC1O. The third-order valence-corrected chi connectivity index (χ3v) is 4.44. The average molecular weight is 343 g/mol. The predicted octanol–water partition coefficient (Wildman–Crippen LogP) is 2.20. The van der Waals surface area contributed by atoms with E-state index >= 15 is 0 Å². The van der Waals surface area contributed by atoms with Crippen LogP contribution in [-0.4, -0.2) is 40.0 Å². The van der Waals surface area contributed by atoms with Crippen molar-refractivity contribution in [2.45, 2.75) is 19.4 Å². The van der Waals surface area contributed by atoms with Crippen molar-refractivity contribution in [2.24, 2.45) is 5.92 Å². The van der Waals surface area contributed by atoms with Gasteiger partial charge in [-0.15, -0.1) is 0 Å². The third-order valence-electron chi connectivity index (χ3n) is 3.61. The summed E-state index contributed by atoms with van der Waals surface area (Å²) in [6.07, 6.45) is 0.171. The topological polar surface area (TPSA) is 83.7 Å². The Labute approximate surface area is 124 Å². The standard InChI is InChI=1S/C13H15BrN2O4/c1-8-5-6-15(7-11(8)17)13(18)9-3-2-4-10(12(9)14)16(19)20/h2-4,8,11,17H,5-7H2,1H3. The fourth-order valence-corrected chi connectivity index (χ4v) is 2.81. The Hall–Kier alpha value is -1.47. The number of nitro benzene ring substituents is 1. The van der Waals surface area contributed by atoms with Crippen LogP contribution in [0.25, 0.3) is 0 Å². The van der Waals surface area contributed by atoms with Gasteiger partial charge in [-0.1, -0.05) is 13.0 Å². The molecule has 2 unspecified atom stereocenters. The van der Waals surface area contributed by atoms with Crippen LogP contribution in [0.5, 0.6) is 0 Å². The Morgan fingerprint density at radius 1 is 1.55 bits per heavy atom. The molecule has 1 aliphatic heterocycles. The van der Waals surface area contributed by atoms with Gasteiger partial charge in [0.25, 0.3) is 11.6 Å². The second kappa shape index (κ2) is 5.88. The third kappa shape index (κ3) is 2.83. The lowest BCUT2D eigenvalue weighted by atomic mass is 9.95. The fourth-order valence-electron chi connectivity index (χ4n) is 2.23. The minimum Gasteiger partial charge on any atom is -0.391 e. The van der Waals surface area contributed by atoms with Crippen LogP contribution >= 0.6 is 15.9 Å². The Balaban J connectivity index is 2.26. The van der Waals surface area contributed by atoms with Gasteiger partial charge < -0.3 is 10.0 Å². The molecule has 7 heteroatoms. The van der Waals surface area contributed by atoms with Gasteiger partial charge in [-0.3, -0.25) is 14.9 Å². The lowest BCUT2D eigenvalue weighted by molar-refractivity contribution is -0.385. The van der Waals surface area contributed by atoms with Gasteiger partial charge in [0.2, 0.25) is 0 Å². The smallest absolute Gasteiger partial charge is 0.284 e. The summed E-state index contributed by atoms with van der Waals surface area (Å²) in [6.45, 7) is 2.75. The number of nitrogens with zero attached hydrogens (tertiary/aromatic N) is 2. The number of piperidine rings is 1. The van der Waals surface area contributed by atoms with E-state index in [1.165, 1.54) is 17.0 Å². The minimum absolute atomic E-state index is 0.137. The molecule has 1 aromatic carbocycles. The summed E-state index contributed by atoms with van der Waals surface area (Å²) in [5, 5.41) is 20.7. The molecule has 0 spiro atoms. The molecule has 2 atom stereocenters. The van der Waals surface area contributed by atoms with E-state index < -0.39 is 11.0 Å². The number of benzene rings is 1. The van der Waals surface area contributed by atoms with Crippen LogP contribution in [0.3, 0.4) is 0 Å². The maximum Gasteiger partial charge on any atom is 0.284 e. The quantitative estimate of drug-likeness (QED) is 0.659. The molecule has 20 heavy (non-hydrogen) atoms. The van der Waals surface area contributed by atoms with Crippen LogP contribution in [0, 0.1) is 16.0 Å². The second-order valence-corrected chi connectivity index (χ2v) is 5.77. The van der Waals surface area contributed by atoms with Gasteiger partial charge in [-0.25, -0.2) is 0 Å². The van der Waals surface area contributed by atoms with Gasteiger partial charge in [-0.2, -0.15) is 0 Å². The van der Waals surface area contributed by atoms with E-state index in [1.807, 2.05) is 6.92 Å². The molecule has 1 amide bonds. The molecular weight excluding hydrogens is 328 g/mol. The van der Waals surface area contributed by atoms with Crippen molar-refractivity contribution in [3.63, 3.8) is 0 Å². The number of halogens is 1. The molecule has 0 aliphatic carbocycles. The number of aliphatic hydroxyl groups is 1. The van der Waals surface area contributed by atoms with Gasteiger partial charge in [-0.05, 0) is 34.3 Å². The zero-order chi connectivity index (χ0) is 14.9. The Bertz CT molecular complexity index is 549. The highest BCUT2D eigenvalue weighted by Gasteiger charge is 2.30. The van der Waals surface area contributed by atoms with Crippen LogP contribution in [0.1, 0.15) is 23.7 Å². The molecule has 2 rings (SSSR count). The molecule has 0 bridgehead atoms. The number of carbonyl (C=O) groups is 1. The van der Waals surface area contributed by atoms with Crippen molar-refractivity contribution in [1.82, 2.24) is 4.90 Å². The van der Waals surface area contributed by atoms with Crippen molar-refractivity contribution >= 4 is 27.5 Å². The summed E-state index contributed by atoms with van der Waals surface area (Å²) < 4.78 is 0.183. The number of β-amino-alcohol motifs (C(OH)–C–C–N with tert-alkyl or cyclic N) is 1. The molecule has 1 aromatic rings. The lowest BCUT2D eigenvalue weighted by Crippen LogP contribution is -2.45. The number of likely N-dealkylation sites (tertiary alicyclic amines) is 1. The molecular formula is C13H15BrN2O4. The van der Waals surface area contributed by atoms with Crippen molar-refractivity contribution in [1.29, 1.82) is 0 Å². The minimum atomic E-state index is -0.551. The van der Waals surface area contributed by atoms with Gasteiger partial charge in [0, 0.05) is 19.2 Å². The summed E-state index contributed by atoms with van der Waals surface area (Å²) in [5.74, 6) is -0.140. The van der Waals surface area contributed by atoms with Crippen LogP contribution in [-0.2, 0) is 0 Å². The zero-order valence-electron chi connectivity index (χ0n) is 11.0. The fraction of sp³-hybridized carbons (Fsp3) is 0.462. The molecule has 6 nitrogen and oxygen atoms in total. The molecule has 0 radical (unpaired) electrons. The monoisotopic (exact) mass is 342 g/mol. The van der Waals surface area contributed by atoms with Crippen LogP contribution in [0.2, 0.25) is 0 Å². The zero-order valence-corrected chi connectivity index (χ0v) is 12.5. The number of nitro groups is 1. The molecule has 0 saturated carbocycles. The number of carbonyl (C=O) groups excluding carboxylic acids is 1. The highest BCUT2D eigenvalue weighted by Crippen LogP contribution is 2.30. The van der Waals surface area contributed by atoms with E-state index in [0.29, 0.717) is 6.54 Å². The van der Waals surface area contributed by atoms with E-state index in [2.05, 4.69) is 15.9 Å². The first kappa shape index (κ1) is 14.9.